The van der Waals surface area contributed by atoms with Crippen molar-refractivity contribution in [1.82, 2.24) is 24.9 Å². The predicted octanol–water partition coefficient (Wildman–Crippen LogP) is 4.22. The fourth-order valence-corrected chi connectivity index (χ4v) is 4.46. The van der Waals surface area contributed by atoms with E-state index in [1.54, 1.807) is 49.4 Å². The molecule has 2 amide bonds. The molecule has 0 bridgehead atoms. The summed E-state index contributed by atoms with van der Waals surface area (Å²) in [4.78, 5) is 25.2. The number of nitrogens with one attached hydrogen (secondary N) is 3. The number of benzene rings is 1. The number of furan rings is 1. The number of ether oxygens (including phenoxy) is 1. The van der Waals surface area contributed by atoms with E-state index in [-0.39, 0.29) is 42.7 Å². The molecule has 3 N–H and O–H groups in total. The summed E-state index contributed by atoms with van der Waals surface area (Å²) in [7, 11) is 1.48. The molecule has 14 heteroatoms. The van der Waals surface area contributed by atoms with E-state index in [0.29, 0.717) is 22.8 Å². The number of anilines is 2. The fraction of sp³-hybridized carbons (Fsp3) is 0.308. The van der Waals surface area contributed by atoms with Crippen LogP contribution in [0.1, 0.15) is 46.0 Å². The van der Waals surface area contributed by atoms with Crippen LogP contribution in [0.3, 0.4) is 0 Å². The molecule has 2 atom stereocenters. The van der Waals surface area contributed by atoms with Crippen molar-refractivity contribution in [1.29, 1.82) is 0 Å². The number of hydrogen-bond donors (Lipinski definition) is 3. The second-order valence-corrected chi connectivity index (χ2v) is 9.26. The van der Waals surface area contributed by atoms with Crippen molar-refractivity contribution in [2.24, 2.45) is 0 Å². The Kier molecular flexibility index (Phi) is 7.24. The van der Waals surface area contributed by atoms with Gasteiger partial charge in [-0.2, -0.15) is 23.4 Å². The topological polar surface area (TPSA) is 128 Å². The van der Waals surface area contributed by atoms with E-state index < -0.39 is 24.2 Å². The molecule has 1 aromatic carbocycles. The number of aromatic nitrogens is 4. The van der Waals surface area contributed by atoms with E-state index in [9.17, 15) is 22.8 Å². The second-order valence-electron chi connectivity index (χ2n) is 9.26. The number of carbonyl (C=O) groups excluding carboxylic acids is 2. The summed E-state index contributed by atoms with van der Waals surface area (Å²) in [5.74, 6) is 0.236. The van der Waals surface area contributed by atoms with Gasteiger partial charge in [-0.3, -0.25) is 14.3 Å². The van der Waals surface area contributed by atoms with Crippen molar-refractivity contribution in [3.63, 3.8) is 0 Å². The molecule has 3 aromatic heterocycles. The van der Waals surface area contributed by atoms with Gasteiger partial charge in [-0.15, -0.1) is 0 Å². The van der Waals surface area contributed by atoms with Gasteiger partial charge < -0.3 is 25.1 Å². The molecule has 0 radical (unpaired) electrons. The minimum Gasteiger partial charge on any atom is -0.497 e. The fourth-order valence-electron chi connectivity index (χ4n) is 4.46. The quantitative estimate of drug-likeness (QED) is 0.296. The highest BCUT2D eigenvalue weighted by atomic mass is 19.4. The highest BCUT2D eigenvalue weighted by Gasteiger charge is 2.47. The van der Waals surface area contributed by atoms with Crippen LogP contribution in [0.2, 0.25) is 0 Å². The SMILES string of the molecule is COc1cccc([C@@H]2C[C@@H](C(F)(F)F)n3nc(C(=O)Nc4cc(C)n(CC(=O)NCc5ccco5)n4)cc3N2)c1. The maximum absolute atomic E-state index is 14.0. The van der Waals surface area contributed by atoms with E-state index in [2.05, 4.69) is 26.1 Å². The van der Waals surface area contributed by atoms with E-state index in [1.807, 2.05) is 0 Å². The Morgan fingerprint density at radius 2 is 2.00 bits per heavy atom. The van der Waals surface area contributed by atoms with Gasteiger partial charge in [-0.25, -0.2) is 4.68 Å². The van der Waals surface area contributed by atoms with Crippen LogP contribution in [-0.4, -0.2) is 44.7 Å². The van der Waals surface area contributed by atoms with E-state index >= 15 is 0 Å². The van der Waals surface area contributed by atoms with Gasteiger partial charge in [0.25, 0.3) is 5.91 Å². The lowest BCUT2D eigenvalue weighted by atomic mass is 9.97. The Hall–Kier alpha value is -4.75. The Morgan fingerprint density at radius 3 is 2.73 bits per heavy atom. The summed E-state index contributed by atoms with van der Waals surface area (Å²) >= 11 is 0. The molecular formula is C26H26F3N7O4. The smallest absolute Gasteiger partial charge is 0.410 e. The van der Waals surface area contributed by atoms with E-state index in [0.717, 1.165) is 4.68 Å². The Bertz CT molecular complexity index is 1510. The maximum atomic E-state index is 14.0. The molecule has 40 heavy (non-hydrogen) atoms. The van der Waals surface area contributed by atoms with Crippen molar-refractivity contribution in [3.05, 3.63) is 77.5 Å². The first-order chi connectivity index (χ1) is 19.1. The molecule has 210 valence electrons. The van der Waals surface area contributed by atoms with Crippen molar-refractivity contribution in [2.75, 3.05) is 17.7 Å². The van der Waals surface area contributed by atoms with E-state index in [1.165, 1.54) is 24.1 Å². The number of carbonyl (C=O) groups is 2. The Morgan fingerprint density at radius 1 is 1.18 bits per heavy atom. The average Bonchev–Trinajstić information content (AvgIpc) is 3.67. The third kappa shape index (κ3) is 5.80. The predicted molar refractivity (Wildman–Crippen MR) is 137 cm³/mol. The van der Waals surface area contributed by atoms with Gasteiger partial charge in [0.2, 0.25) is 5.91 Å². The molecule has 0 saturated carbocycles. The minimum atomic E-state index is -4.60. The molecule has 5 rings (SSSR count). The first kappa shape index (κ1) is 26.8. The number of halogens is 3. The zero-order chi connectivity index (χ0) is 28.4. The monoisotopic (exact) mass is 557 g/mol. The zero-order valence-electron chi connectivity index (χ0n) is 21.5. The van der Waals surface area contributed by atoms with Crippen LogP contribution < -0.4 is 20.7 Å². The number of fused-ring (bicyclic) bond motifs is 1. The van der Waals surface area contributed by atoms with Gasteiger partial charge in [0.1, 0.15) is 23.9 Å². The lowest BCUT2D eigenvalue weighted by Gasteiger charge is -2.33. The molecule has 0 saturated heterocycles. The standard InChI is InChI=1S/C26H26F3N7O4/c1-15-9-22(34-35(15)14-24(37)30-13-18-7-4-8-40-18)32-25(38)20-12-23-31-19(16-5-3-6-17(10-16)39-2)11-21(26(27,28)29)36(23)33-20/h3-10,12,19,21,31H,11,13-14H2,1-2H3,(H,30,37)(H,32,34,38)/t19-,21-/m0/s1. The summed E-state index contributed by atoms with van der Waals surface area (Å²) in [5.41, 5.74) is 0.986. The number of hydrogen-bond acceptors (Lipinski definition) is 7. The van der Waals surface area contributed by atoms with Crippen molar-refractivity contribution in [2.45, 2.75) is 44.7 Å². The number of amides is 2. The first-order valence-corrected chi connectivity index (χ1v) is 12.3. The first-order valence-electron chi connectivity index (χ1n) is 12.3. The second kappa shape index (κ2) is 10.8. The largest absolute Gasteiger partial charge is 0.497 e. The third-order valence-corrected chi connectivity index (χ3v) is 6.47. The molecule has 0 spiro atoms. The molecule has 1 aliphatic heterocycles. The summed E-state index contributed by atoms with van der Waals surface area (Å²) in [6.07, 6.45) is -3.41. The molecule has 0 fully saturated rings. The average molecular weight is 558 g/mol. The number of aryl methyl sites for hydroxylation is 1. The van der Waals surface area contributed by atoms with Crippen LogP contribution >= 0.6 is 0 Å². The van der Waals surface area contributed by atoms with Gasteiger partial charge in [0.15, 0.2) is 17.6 Å². The number of nitrogens with zero attached hydrogens (tertiary/aromatic N) is 4. The van der Waals surface area contributed by atoms with Crippen LogP contribution in [0.15, 0.2) is 59.2 Å². The summed E-state index contributed by atoms with van der Waals surface area (Å²) in [5, 5.41) is 16.5. The molecule has 0 unspecified atom stereocenters. The Labute approximate surface area is 226 Å². The minimum absolute atomic E-state index is 0.0569. The summed E-state index contributed by atoms with van der Waals surface area (Å²) < 4.78 is 54.7. The van der Waals surface area contributed by atoms with Gasteiger partial charge in [-0.05, 0) is 36.8 Å². The van der Waals surface area contributed by atoms with Gasteiger partial charge >= 0.3 is 6.18 Å². The highest BCUT2D eigenvalue weighted by Crippen LogP contribution is 2.44. The van der Waals surface area contributed by atoms with Crippen LogP contribution in [0, 0.1) is 6.92 Å². The lowest BCUT2D eigenvalue weighted by Crippen LogP contribution is -2.35. The summed E-state index contributed by atoms with van der Waals surface area (Å²) in [6.45, 7) is 1.81. The molecule has 1 aliphatic rings. The summed E-state index contributed by atoms with van der Waals surface area (Å²) in [6, 6.07) is 10.4. The number of methoxy groups -OCH3 is 1. The van der Waals surface area contributed by atoms with Crippen LogP contribution in [0.25, 0.3) is 0 Å². The molecular weight excluding hydrogens is 531 g/mol. The molecule has 0 aliphatic carbocycles. The molecule has 4 aromatic rings. The van der Waals surface area contributed by atoms with Crippen LogP contribution in [-0.2, 0) is 17.9 Å². The molecule has 4 heterocycles. The highest BCUT2D eigenvalue weighted by molar-refractivity contribution is 6.02. The van der Waals surface area contributed by atoms with Gasteiger partial charge in [-0.1, -0.05) is 12.1 Å². The van der Waals surface area contributed by atoms with E-state index in [4.69, 9.17) is 9.15 Å². The van der Waals surface area contributed by atoms with Gasteiger partial charge in [0.05, 0.1) is 26.0 Å². The maximum Gasteiger partial charge on any atom is 0.410 e. The number of alkyl halides is 3. The van der Waals surface area contributed by atoms with Crippen molar-refractivity contribution < 1.29 is 31.9 Å². The molecule has 11 nitrogen and oxygen atoms in total. The lowest BCUT2D eigenvalue weighted by molar-refractivity contribution is -0.173. The van der Waals surface area contributed by atoms with Crippen molar-refractivity contribution >= 4 is 23.5 Å². The van der Waals surface area contributed by atoms with Gasteiger partial charge in [0, 0.05) is 24.2 Å². The number of rotatable bonds is 8. The normalized spacial score (nSPS) is 16.6. The van der Waals surface area contributed by atoms with Crippen LogP contribution in [0.4, 0.5) is 24.8 Å². The third-order valence-electron chi connectivity index (χ3n) is 6.47. The van der Waals surface area contributed by atoms with Crippen molar-refractivity contribution in [3.8, 4) is 5.75 Å². The Balaban J connectivity index is 1.29. The van der Waals surface area contributed by atoms with Crippen LogP contribution in [0.5, 0.6) is 5.75 Å². The zero-order valence-corrected chi connectivity index (χ0v) is 21.5.